The number of hydrogen-bond donors (Lipinski definition) is 2. The molecule has 0 aliphatic carbocycles. The van der Waals surface area contributed by atoms with Gasteiger partial charge in [0.05, 0.1) is 0 Å². The SMILES string of the molecule is COCCCNC1(C(=O)O)CCSC1. The van der Waals surface area contributed by atoms with Gasteiger partial charge in [0.2, 0.25) is 0 Å². The molecule has 1 fully saturated rings. The predicted molar refractivity (Wildman–Crippen MR) is 56.8 cm³/mol. The molecule has 0 saturated carbocycles. The molecular weight excluding hydrogens is 202 g/mol. The van der Waals surface area contributed by atoms with Crippen molar-refractivity contribution >= 4 is 17.7 Å². The number of carbonyl (C=O) groups is 1. The summed E-state index contributed by atoms with van der Waals surface area (Å²) in [6.45, 7) is 1.39. The van der Waals surface area contributed by atoms with Gasteiger partial charge in [0.25, 0.3) is 0 Å². The van der Waals surface area contributed by atoms with Crippen LogP contribution in [0.4, 0.5) is 0 Å². The highest BCUT2D eigenvalue weighted by molar-refractivity contribution is 7.99. The van der Waals surface area contributed by atoms with Gasteiger partial charge in [0.15, 0.2) is 0 Å². The van der Waals surface area contributed by atoms with Crippen LogP contribution in [0.25, 0.3) is 0 Å². The van der Waals surface area contributed by atoms with Crippen LogP contribution in [0.2, 0.25) is 0 Å². The highest BCUT2D eigenvalue weighted by atomic mass is 32.2. The maximum Gasteiger partial charge on any atom is 0.324 e. The van der Waals surface area contributed by atoms with E-state index in [9.17, 15) is 4.79 Å². The molecule has 0 aromatic heterocycles. The summed E-state index contributed by atoms with van der Waals surface area (Å²) in [7, 11) is 1.65. The minimum atomic E-state index is -0.722. The Morgan fingerprint density at radius 1 is 1.71 bits per heavy atom. The highest BCUT2D eigenvalue weighted by Crippen LogP contribution is 2.28. The van der Waals surface area contributed by atoms with Crippen molar-refractivity contribution in [3.63, 3.8) is 0 Å². The molecule has 1 atom stereocenters. The Hall–Kier alpha value is -0.260. The molecule has 0 aromatic rings. The second-order valence-corrected chi connectivity index (χ2v) is 4.57. The van der Waals surface area contributed by atoms with E-state index in [2.05, 4.69) is 5.32 Å². The van der Waals surface area contributed by atoms with Gasteiger partial charge in [-0.1, -0.05) is 0 Å². The number of rotatable bonds is 6. The van der Waals surface area contributed by atoms with Gasteiger partial charge in [-0.15, -0.1) is 0 Å². The Kier molecular flexibility index (Phi) is 4.71. The van der Waals surface area contributed by atoms with Gasteiger partial charge in [-0.2, -0.15) is 11.8 Å². The Bertz CT molecular complexity index is 192. The molecule has 1 unspecified atom stereocenters. The van der Waals surface area contributed by atoms with Gasteiger partial charge < -0.3 is 15.2 Å². The molecule has 0 spiro atoms. The number of nitrogens with one attached hydrogen (secondary N) is 1. The van der Waals surface area contributed by atoms with Gasteiger partial charge in [0, 0.05) is 19.5 Å². The minimum absolute atomic E-state index is 0.676. The Morgan fingerprint density at radius 3 is 3.00 bits per heavy atom. The maximum atomic E-state index is 11.1. The van der Waals surface area contributed by atoms with E-state index in [0.29, 0.717) is 18.9 Å². The van der Waals surface area contributed by atoms with Gasteiger partial charge in [-0.25, -0.2) is 0 Å². The molecule has 0 aromatic carbocycles. The minimum Gasteiger partial charge on any atom is -0.480 e. The number of hydrogen-bond acceptors (Lipinski definition) is 4. The fourth-order valence-electron chi connectivity index (χ4n) is 1.49. The number of carboxylic acids is 1. The summed E-state index contributed by atoms with van der Waals surface area (Å²) in [4.78, 5) is 11.1. The van der Waals surface area contributed by atoms with E-state index in [1.165, 1.54) is 0 Å². The molecular formula is C9H17NO3S. The summed E-state index contributed by atoms with van der Waals surface area (Å²) >= 11 is 1.70. The molecule has 1 aliphatic heterocycles. The van der Waals surface area contributed by atoms with Gasteiger partial charge >= 0.3 is 5.97 Å². The first kappa shape index (κ1) is 11.8. The van der Waals surface area contributed by atoms with E-state index in [0.717, 1.165) is 18.6 Å². The van der Waals surface area contributed by atoms with Crippen molar-refractivity contribution in [2.45, 2.75) is 18.4 Å². The second kappa shape index (κ2) is 5.58. The summed E-state index contributed by atoms with van der Waals surface area (Å²) in [5, 5.41) is 12.2. The smallest absolute Gasteiger partial charge is 0.324 e. The normalized spacial score (nSPS) is 26.6. The van der Waals surface area contributed by atoms with Crippen LogP contribution < -0.4 is 5.32 Å². The zero-order chi connectivity index (χ0) is 10.4. The molecule has 1 aliphatic rings. The van der Waals surface area contributed by atoms with Crippen molar-refractivity contribution < 1.29 is 14.6 Å². The lowest BCUT2D eigenvalue weighted by Gasteiger charge is -2.24. The molecule has 1 rings (SSSR count). The zero-order valence-corrected chi connectivity index (χ0v) is 9.23. The highest BCUT2D eigenvalue weighted by Gasteiger charge is 2.41. The zero-order valence-electron chi connectivity index (χ0n) is 8.41. The molecule has 1 saturated heterocycles. The van der Waals surface area contributed by atoms with E-state index < -0.39 is 11.5 Å². The topological polar surface area (TPSA) is 58.6 Å². The van der Waals surface area contributed by atoms with Crippen molar-refractivity contribution in [2.75, 3.05) is 31.8 Å². The van der Waals surface area contributed by atoms with E-state index >= 15 is 0 Å². The van der Waals surface area contributed by atoms with Gasteiger partial charge in [0.1, 0.15) is 5.54 Å². The number of ether oxygens (including phenoxy) is 1. The average molecular weight is 219 g/mol. The standard InChI is InChI=1S/C9H17NO3S/c1-13-5-2-4-10-9(8(11)12)3-6-14-7-9/h10H,2-7H2,1H3,(H,11,12). The fraction of sp³-hybridized carbons (Fsp3) is 0.889. The fourth-order valence-corrected chi connectivity index (χ4v) is 2.85. The number of aliphatic carboxylic acids is 1. The second-order valence-electron chi connectivity index (χ2n) is 3.46. The quantitative estimate of drug-likeness (QED) is 0.640. The van der Waals surface area contributed by atoms with Crippen molar-refractivity contribution in [2.24, 2.45) is 0 Å². The lowest BCUT2D eigenvalue weighted by Crippen LogP contribution is -2.52. The Morgan fingerprint density at radius 2 is 2.50 bits per heavy atom. The Balaban J connectivity index is 2.33. The van der Waals surface area contributed by atoms with Crippen LogP contribution >= 0.6 is 11.8 Å². The number of methoxy groups -OCH3 is 1. The summed E-state index contributed by atoms with van der Waals surface area (Å²) in [6, 6.07) is 0. The predicted octanol–water partition coefficient (Wildman–Crippen LogP) is 0.573. The summed E-state index contributed by atoms with van der Waals surface area (Å²) in [5.41, 5.74) is -0.682. The first-order valence-electron chi connectivity index (χ1n) is 4.76. The third-order valence-electron chi connectivity index (χ3n) is 2.42. The number of thioether (sulfide) groups is 1. The Labute approximate surface area is 88.4 Å². The van der Waals surface area contributed by atoms with E-state index in [-0.39, 0.29) is 0 Å². The molecule has 5 heteroatoms. The molecule has 14 heavy (non-hydrogen) atoms. The first-order valence-corrected chi connectivity index (χ1v) is 5.92. The average Bonchev–Trinajstić information content (AvgIpc) is 2.62. The monoisotopic (exact) mass is 219 g/mol. The third-order valence-corrected chi connectivity index (χ3v) is 3.61. The van der Waals surface area contributed by atoms with Crippen molar-refractivity contribution in [3.8, 4) is 0 Å². The van der Waals surface area contributed by atoms with Crippen molar-refractivity contribution in [1.29, 1.82) is 0 Å². The molecule has 4 nitrogen and oxygen atoms in total. The largest absolute Gasteiger partial charge is 0.480 e. The van der Waals surface area contributed by atoms with E-state index in [4.69, 9.17) is 9.84 Å². The molecule has 0 amide bonds. The van der Waals surface area contributed by atoms with Crippen LogP contribution in [0.1, 0.15) is 12.8 Å². The van der Waals surface area contributed by atoms with Crippen molar-refractivity contribution in [3.05, 3.63) is 0 Å². The lowest BCUT2D eigenvalue weighted by atomic mass is 9.99. The number of carboxylic acid groups (broad SMARTS) is 1. The summed E-state index contributed by atoms with van der Waals surface area (Å²) in [5.74, 6) is 0.888. The molecule has 2 N–H and O–H groups in total. The maximum absolute atomic E-state index is 11.1. The molecule has 0 radical (unpaired) electrons. The van der Waals surface area contributed by atoms with Crippen LogP contribution in [0.15, 0.2) is 0 Å². The summed E-state index contributed by atoms with van der Waals surface area (Å²) in [6.07, 6.45) is 1.58. The summed E-state index contributed by atoms with van der Waals surface area (Å²) < 4.78 is 4.91. The molecule has 82 valence electrons. The molecule has 1 heterocycles. The lowest BCUT2D eigenvalue weighted by molar-refractivity contribution is -0.143. The van der Waals surface area contributed by atoms with Gasteiger partial charge in [-0.3, -0.25) is 4.79 Å². The van der Waals surface area contributed by atoms with Gasteiger partial charge in [-0.05, 0) is 25.1 Å². The van der Waals surface area contributed by atoms with Crippen LogP contribution in [0.5, 0.6) is 0 Å². The van der Waals surface area contributed by atoms with Crippen molar-refractivity contribution in [1.82, 2.24) is 5.32 Å². The van der Waals surface area contributed by atoms with Crippen LogP contribution in [0.3, 0.4) is 0 Å². The first-order chi connectivity index (χ1) is 6.71. The van der Waals surface area contributed by atoms with E-state index in [1.807, 2.05) is 0 Å². The van der Waals surface area contributed by atoms with Crippen LogP contribution in [-0.2, 0) is 9.53 Å². The van der Waals surface area contributed by atoms with E-state index in [1.54, 1.807) is 18.9 Å². The van der Waals surface area contributed by atoms with Crippen LogP contribution in [-0.4, -0.2) is 48.4 Å². The molecule has 0 bridgehead atoms. The van der Waals surface area contributed by atoms with Crippen LogP contribution in [0, 0.1) is 0 Å². The third kappa shape index (κ3) is 2.87.